The molecule has 0 radical (unpaired) electrons. The predicted octanol–water partition coefficient (Wildman–Crippen LogP) is 13.6. The minimum absolute atomic E-state index is 0.429. The minimum Gasteiger partial charge on any atom is -0.456 e. The van der Waals surface area contributed by atoms with Crippen molar-refractivity contribution in [1.82, 2.24) is 0 Å². The lowest BCUT2D eigenvalue weighted by Gasteiger charge is -2.19. The Morgan fingerprint density at radius 3 is 1.62 bits per heavy atom. The minimum atomic E-state index is -1.10. The third-order valence-corrected chi connectivity index (χ3v) is 8.12. The van der Waals surface area contributed by atoms with E-state index in [0.717, 1.165) is 0 Å². The van der Waals surface area contributed by atoms with Gasteiger partial charge in [0, 0.05) is 10.8 Å². The van der Waals surface area contributed by atoms with Crippen LogP contribution in [-0.4, -0.2) is 0 Å². The van der Waals surface area contributed by atoms with Gasteiger partial charge >= 0.3 is 0 Å². The van der Waals surface area contributed by atoms with Gasteiger partial charge in [-0.25, -0.2) is 0 Å². The fourth-order valence-electron chi connectivity index (χ4n) is 6.02. The van der Waals surface area contributed by atoms with E-state index in [2.05, 4.69) is 0 Å². The molecule has 0 bridgehead atoms. The van der Waals surface area contributed by atoms with E-state index in [4.69, 9.17) is 31.8 Å². The topological polar surface area (TPSA) is 13.1 Å². The average Bonchev–Trinajstić information content (AvgIpc) is 3.89. The number of hydrogen-bond acceptors (Lipinski definition) is 1. The number of fused-ring (bicyclic) bond motifs is 7. The molecule has 9 aromatic carbocycles. The van der Waals surface area contributed by atoms with Crippen LogP contribution in [0.4, 0.5) is 0 Å². The van der Waals surface area contributed by atoms with Gasteiger partial charge in [-0.3, -0.25) is 0 Å². The van der Waals surface area contributed by atoms with Gasteiger partial charge in [-0.2, -0.15) is 0 Å². The van der Waals surface area contributed by atoms with Crippen molar-refractivity contribution in [3.63, 3.8) is 0 Å². The summed E-state index contributed by atoms with van der Waals surface area (Å²) in [7, 11) is 0. The van der Waals surface area contributed by atoms with Crippen molar-refractivity contribution in [1.29, 1.82) is 0 Å². The first-order chi connectivity index (χ1) is 37.3. The Balaban J connectivity index is 1.50. The Bertz CT molecular complexity index is 4480. The van der Waals surface area contributed by atoms with Crippen LogP contribution in [0.2, 0.25) is 0 Å². The van der Waals surface area contributed by atoms with Crippen LogP contribution in [0.5, 0.6) is 0 Å². The van der Waals surface area contributed by atoms with Gasteiger partial charge in [-0.1, -0.05) is 157 Å². The molecule has 0 aliphatic rings. The second-order valence-electron chi connectivity index (χ2n) is 10.9. The number of rotatable bonds is 5. The lowest BCUT2D eigenvalue weighted by molar-refractivity contribution is 0.669. The normalized spacial score (nSPS) is 20.1. The van der Waals surface area contributed by atoms with Crippen molar-refractivity contribution in [3.05, 3.63) is 192 Å². The standard InChI is InChI=1S/C49H32O/c1-3-13-32(14-4-1)29-35-23-24-36(30-43(35)33-15-5-2-6-16-33)47-39-19-9-11-21-41(39)48(42-22-12-10-20-40(42)47)37-26-27-45-44(31-37)49-38-18-8-7-17-34(38)25-28-46(49)50-45/h1-28,30-31H,29H2/i1D,2D,3D,4D,5D,6D,7D,8D,9D,10D,11D,12D,13D,14D,15D,16D,17D,18D,19D,20D,21D,22D,23D,24D,25D,26D,27D,28D,30D,31D. The summed E-state index contributed by atoms with van der Waals surface area (Å²) < 4.78 is 277. The van der Waals surface area contributed by atoms with Crippen LogP contribution in [0.3, 0.4) is 0 Å². The zero-order chi connectivity index (χ0) is 59.1. The van der Waals surface area contributed by atoms with Crippen LogP contribution in [0.15, 0.2) is 186 Å². The van der Waals surface area contributed by atoms with Crippen LogP contribution >= 0.6 is 0 Å². The van der Waals surface area contributed by atoms with E-state index in [0.29, 0.717) is 0 Å². The van der Waals surface area contributed by atoms with Gasteiger partial charge < -0.3 is 4.42 Å². The molecule has 0 N–H and O–H groups in total. The second kappa shape index (κ2) is 11.6. The van der Waals surface area contributed by atoms with Crippen molar-refractivity contribution in [2.45, 2.75) is 6.42 Å². The molecule has 10 aromatic rings. The fraction of sp³-hybridized carbons (Fsp3) is 0.0204. The van der Waals surface area contributed by atoms with Crippen LogP contribution in [-0.2, 0) is 6.42 Å². The van der Waals surface area contributed by atoms with Crippen LogP contribution in [0.25, 0.3) is 87.6 Å². The van der Waals surface area contributed by atoms with Crippen molar-refractivity contribution in [2.24, 2.45) is 0 Å². The molecule has 0 saturated carbocycles. The van der Waals surface area contributed by atoms with Crippen molar-refractivity contribution >= 4 is 54.3 Å². The summed E-state index contributed by atoms with van der Waals surface area (Å²) in [6.45, 7) is 0. The molecule has 0 saturated heterocycles. The summed E-state index contributed by atoms with van der Waals surface area (Å²) in [5.41, 5.74) is -7.33. The molecule has 1 heterocycles. The molecule has 0 aliphatic heterocycles. The Morgan fingerprint density at radius 1 is 0.400 bits per heavy atom. The number of hydrogen-bond donors (Lipinski definition) is 0. The highest BCUT2D eigenvalue weighted by Gasteiger charge is 2.19. The van der Waals surface area contributed by atoms with Gasteiger partial charge in [0.1, 0.15) is 11.2 Å². The first kappa shape index (κ1) is 11.6. The van der Waals surface area contributed by atoms with Gasteiger partial charge in [0.25, 0.3) is 0 Å². The third kappa shape index (κ3) is 4.63. The summed E-state index contributed by atoms with van der Waals surface area (Å²) in [6.07, 6.45) is -0.943. The number of benzene rings is 9. The molecule has 1 heteroatoms. The fourth-order valence-corrected chi connectivity index (χ4v) is 6.02. The van der Waals surface area contributed by atoms with E-state index >= 15 is 0 Å². The highest BCUT2D eigenvalue weighted by Crippen LogP contribution is 2.46. The van der Waals surface area contributed by atoms with Crippen LogP contribution in [0.1, 0.15) is 52.2 Å². The summed E-state index contributed by atoms with van der Waals surface area (Å²) in [5, 5.41) is -5.15. The molecule has 234 valence electrons. The number of furan rings is 1. The molecular formula is C49H32O. The molecule has 0 atom stereocenters. The lowest BCUT2D eigenvalue weighted by atomic mass is 9.84. The van der Waals surface area contributed by atoms with Gasteiger partial charge in [0.15, 0.2) is 0 Å². The maximum absolute atomic E-state index is 10.1. The maximum atomic E-state index is 10.1. The lowest BCUT2D eigenvalue weighted by Crippen LogP contribution is -1.95. The van der Waals surface area contributed by atoms with E-state index in [1.165, 1.54) is 0 Å². The monoisotopic (exact) mass is 666 g/mol. The van der Waals surface area contributed by atoms with E-state index < -0.39 is 286 Å². The SMILES string of the molecule is [2H]c1c([2H])c([2H])c(Cc2c([2H])c([2H])c(-c3c4c([2H])c([2H])c([2H])c([2H])c4c(-c4c([2H])c([2H])c5oc6c([2H])c([2H])c7c([2H])c([2H])c([2H])c([2H])c7c6c5c4[2H])c4c([2H])c([2H])c([2H])c([2H])c34)c([2H])c2-c2c([2H])c([2H])c([2H])c([2H])c2[2H])c([2H])c1[2H]. The first-order valence-corrected chi connectivity index (χ1v) is 14.9. The molecule has 10 rings (SSSR count). The van der Waals surface area contributed by atoms with Crippen molar-refractivity contribution in [3.8, 4) is 33.4 Å². The van der Waals surface area contributed by atoms with Crippen molar-refractivity contribution in [2.75, 3.05) is 0 Å². The van der Waals surface area contributed by atoms with Crippen molar-refractivity contribution < 1.29 is 45.5 Å². The predicted molar refractivity (Wildman–Crippen MR) is 212 cm³/mol. The third-order valence-electron chi connectivity index (χ3n) is 8.12. The van der Waals surface area contributed by atoms with Gasteiger partial charge in [0.2, 0.25) is 0 Å². The van der Waals surface area contributed by atoms with E-state index in [-0.39, 0.29) is 0 Å². The Morgan fingerprint density at radius 2 is 0.940 bits per heavy atom. The molecule has 1 nitrogen and oxygen atoms in total. The molecule has 0 aliphatic carbocycles. The summed E-state index contributed by atoms with van der Waals surface area (Å²) >= 11 is 0. The molecule has 50 heavy (non-hydrogen) atoms. The smallest absolute Gasteiger partial charge is 0.136 e. The highest BCUT2D eigenvalue weighted by atomic mass is 16.3. The van der Waals surface area contributed by atoms with E-state index in [9.17, 15) is 13.7 Å². The molecule has 0 fully saturated rings. The van der Waals surface area contributed by atoms with Gasteiger partial charge in [0.05, 0.1) is 41.1 Å². The summed E-state index contributed by atoms with van der Waals surface area (Å²) in [5.74, 6) is 0. The van der Waals surface area contributed by atoms with Crippen LogP contribution in [0, 0.1) is 0 Å². The average molecular weight is 667 g/mol. The van der Waals surface area contributed by atoms with Gasteiger partial charge in [-0.05, 0) is 107 Å². The molecule has 1 aromatic heterocycles. The maximum Gasteiger partial charge on any atom is 0.136 e. The first-order valence-electron chi connectivity index (χ1n) is 29.9. The van der Waals surface area contributed by atoms with Crippen LogP contribution < -0.4 is 0 Å². The Labute approximate surface area is 332 Å². The molecule has 0 amide bonds. The quantitative estimate of drug-likeness (QED) is 0.167. The second-order valence-corrected chi connectivity index (χ2v) is 10.9. The zero-order valence-corrected chi connectivity index (χ0v) is 25.1. The molecule has 0 spiro atoms. The van der Waals surface area contributed by atoms with Gasteiger partial charge in [-0.15, -0.1) is 0 Å². The summed E-state index contributed by atoms with van der Waals surface area (Å²) in [4.78, 5) is 0. The summed E-state index contributed by atoms with van der Waals surface area (Å²) in [6, 6.07) is -28.2. The molecule has 0 unspecified atom stereocenters. The largest absolute Gasteiger partial charge is 0.456 e. The zero-order valence-electron chi connectivity index (χ0n) is 55.1. The van der Waals surface area contributed by atoms with E-state index in [1.807, 2.05) is 0 Å². The highest BCUT2D eigenvalue weighted by molar-refractivity contribution is 6.23. The van der Waals surface area contributed by atoms with E-state index in [1.54, 1.807) is 0 Å². The Hall–Kier alpha value is -6.44. The molecular weight excluding hydrogens is 605 g/mol. The Kier molecular flexibility index (Phi) is 2.69.